The molecule has 1 atom stereocenters. The van der Waals surface area contributed by atoms with Crippen molar-refractivity contribution in [3.05, 3.63) is 67.9 Å². The summed E-state index contributed by atoms with van der Waals surface area (Å²) < 4.78 is 7.02. The maximum absolute atomic E-state index is 12.2. The summed E-state index contributed by atoms with van der Waals surface area (Å²) in [4.78, 5) is 28.1. The van der Waals surface area contributed by atoms with Crippen LogP contribution in [0.3, 0.4) is 0 Å². The molecule has 0 radical (unpaired) electrons. The van der Waals surface area contributed by atoms with Gasteiger partial charge in [-0.25, -0.2) is 9.36 Å². The van der Waals surface area contributed by atoms with Crippen molar-refractivity contribution in [2.24, 2.45) is 12.8 Å². The van der Waals surface area contributed by atoms with Crippen LogP contribution in [0.1, 0.15) is 17.0 Å². The zero-order chi connectivity index (χ0) is 15.9. The van der Waals surface area contributed by atoms with Crippen molar-refractivity contribution in [3.8, 4) is 11.9 Å². The summed E-state index contributed by atoms with van der Waals surface area (Å²) in [5.41, 5.74) is 5.41. The van der Waals surface area contributed by atoms with E-state index in [1.165, 1.54) is 0 Å². The van der Waals surface area contributed by atoms with Crippen LogP contribution in [0, 0.1) is 11.3 Å². The van der Waals surface area contributed by atoms with Crippen LogP contribution in [0.4, 0.5) is 0 Å². The molecule has 0 fully saturated rings. The van der Waals surface area contributed by atoms with Crippen LogP contribution in [-0.4, -0.2) is 9.97 Å². The van der Waals surface area contributed by atoms with E-state index in [2.05, 4.69) is 9.97 Å². The minimum Gasteiger partial charge on any atom is -0.424 e. The predicted octanol–water partition coefficient (Wildman–Crippen LogP) is -0.894. The second-order valence-corrected chi connectivity index (χ2v) is 4.88. The van der Waals surface area contributed by atoms with E-state index in [0.717, 1.165) is 0 Å². The highest BCUT2D eigenvalue weighted by atomic mass is 16.5. The molecule has 4 N–H and O–H groups in total. The lowest BCUT2D eigenvalue weighted by Gasteiger charge is -2.23. The molecule has 22 heavy (non-hydrogen) atoms. The van der Waals surface area contributed by atoms with Crippen LogP contribution in [0.25, 0.3) is 0 Å². The molecule has 8 nitrogen and oxygen atoms in total. The van der Waals surface area contributed by atoms with E-state index in [1.807, 2.05) is 19.3 Å². The Morgan fingerprint density at radius 2 is 2.18 bits per heavy atom. The zero-order valence-electron chi connectivity index (χ0n) is 11.6. The fraction of sp³-hybridized carbons (Fsp3) is 0.143. The van der Waals surface area contributed by atoms with Crippen LogP contribution in [0.15, 0.2) is 45.6 Å². The van der Waals surface area contributed by atoms with Gasteiger partial charge in [0, 0.05) is 11.6 Å². The number of H-pyrrole nitrogens is 2. The lowest BCUT2D eigenvalue weighted by molar-refractivity contribution is -0.671. The lowest BCUT2D eigenvalue weighted by Crippen LogP contribution is -2.34. The summed E-state index contributed by atoms with van der Waals surface area (Å²) >= 11 is 0. The zero-order valence-corrected chi connectivity index (χ0v) is 11.6. The summed E-state index contributed by atoms with van der Waals surface area (Å²) in [5, 5.41) is 9.37. The molecule has 0 bridgehead atoms. The van der Waals surface area contributed by atoms with E-state index >= 15 is 0 Å². The highest BCUT2D eigenvalue weighted by Crippen LogP contribution is 2.37. The number of ether oxygens (including phenoxy) is 1. The number of nitriles is 1. The minimum atomic E-state index is -0.707. The van der Waals surface area contributed by atoms with E-state index in [4.69, 9.17) is 10.5 Å². The standard InChI is InChI=1S/C14H11N5O3/c1-19-4-2-3-7(6-19)9-8(5-15)11(16)22-13-10(9)12(20)17-14(21)18-13/h2-4,6,9H,16H2,1H3,(H-,17,18,20,21)/p+1/t9-/m0/s1. The molecular weight excluding hydrogens is 286 g/mol. The van der Waals surface area contributed by atoms with E-state index in [9.17, 15) is 14.9 Å². The molecule has 0 aromatic carbocycles. The Morgan fingerprint density at radius 3 is 2.86 bits per heavy atom. The second-order valence-electron chi connectivity index (χ2n) is 4.88. The van der Waals surface area contributed by atoms with Crippen LogP contribution in [0.5, 0.6) is 5.88 Å². The number of pyridine rings is 1. The largest absolute Gasteiger partial charge is 0.424 e. The molecule has 8 heteroatoms. The fourth-order valence-electron chi connectivity index (χ4n) is 2.50. The van der Waals surface area contributed by atoms with E-state index in [1.54, 1.807) is 22.9 Å². The number of aromatic nitrogens is 3. The third kappa shape index (κ3) is 2.05. The molecular formula is C14H12N5O3+. The number of aromatic amines is 2. The first-order valence-electron chi connectivity index (χ1n) is 6.40. The van der Waals surface area contributed by atoms with Crippen LogP contribution < -0.4 is 26.3 Å². The lowest BCUT2D eigenvalue weighted by atomic mass is 9.86. The van der Waals surface area contributed by atoms with Crippen molar-refractivity contribution < 1.29 is 9.30 Å². The summed E-state index contributed by atoms with van der Waals surface area (Å²) in [7, 11) is 1.82. The average molecular weight is 298 g/mol. The average Bonchev–Trinajstić information content (AvgIpc) is 2.45. The molecule has 3 heterocycles. The van der Waals surface area contributed by atoms with Crippen LogP contribution >= 0.6 is 0 Å². The van der Waals surface area contributed by atoms with Crippen molar-refractivity contribution in [1.82, 2.24) is 9.97 Å². The number of fused-ring (bicyclic) bond motifs is 1. The van der Waals surface area contributed by atoms with Gasteiger partial charge in [-0.15, -0.1) is 0 Å². The number of nitrogens with one attached hydrogen (secondary N) is 2. The second kappa shape index (κ2) is 4.89. The molecule has 0 saturated carbocycles. The smallest absolute Gasteiger partial charge is 0.328 e. The third-order valence-electron chi connectivity index (χ3n) is 3.41. The topological polar surface area (TPSA) is 129 Å². The quantitative estimate of drug-likeness (QED) is 0.588. The van der Waals surface area contributed by atoms with Gasteiger partial charge >= 0.3 is 5.69 Å². The molecule has 2 aromatic rings. The molecule has 0 saturated heterocycles. The van der Waals surface area contributed by atoms with Crippen molar-refractivity contribution in [2.45, 2.75) is 5.92 Å². The molecule has 0 aliphatic carbocycles. The highest BCUT2D eigenvalue weighted by molar-refractivity contribution is 5.51. The first-order valence-corrected chi connectivity index (χ1v) is 6.40. The van der Waals surface area contributed by atoms with Gasteiger partial charge in [-0.2, -0.15) is 5.26 Å². The number of hydrogen-bond donors (Lipinski definition) is 3. The van der Waals surface area contributed by atoms with Gasteiger partial charge < -0.3 is 10.5 Å². The van der Waals surface area contributed by atoms with Crippen molar-refractivity contribution >= 4 is 0 Å². The van der Waals surface area contributed by atoms with Crippen LogP contribution in [0.2, 0.25) is 0 Å². The van der Waals surface area contributed by atoms with E-state index in [-0.39, 0.29) is 22.9 Å². The van der Waals surface area contributed by atoms with Gasteiger partial charge in [0.25, 0.3) is 5.56 Å². The van der Waals surface area contributed by atoms with Gasteiger partial charge in [-0.05, 0) is 6.07 Å². The summed E-state index contributed by atoms with van der Waals surface area (Å²) in [6.07, 6.45) is 3.59. The summed E-state index contributed by atoms with van der Waals surface area (Å²) in [6.45, 7) is 0. The van der Waals surface area contributed by atoms with Crippen molar-refractivity contribution in [3.63, 3.8) is 0 Å². The summed E-state index contributed by atoms with van der Waals surface area (Å²) in [5.74, 6) is -0.878. The number of nitrogens with two attached hydrogens (primary N) is 1. The Balaban J connectivity index is 2.34. The normalized spacial score (nSPS) is 16.6. The van der Waals surface area contributed by atoms with E-state index in [0.29, 0.717) is 5.56 Å². The SMILES string of the molecule is C[n+]1cccc([C@H]2C(C#N)=C(N)Oc3[nH]c(=O)[nH]c(=O)c32)c1. The monoisotopic (exact) mass is 298 g/mol. The molecule has 0 spiro atoms. The van der Waals surface area contributed by atoms with Crippen molar-refractivity contribution in [2.75, 3.05) is 0 Å². The van der Waals surface area contributed by atoms with Gasteiger partial charge in [0.1, 0.15) is 18.7 Å². The van der Waals surface area contributed by atoms with Gasteiger partial charge in [-0.3, -0.25) is 14.8 Å². The first-order chi connectivity index (χ1) is 10.5. The number of nitrogens with zero attached hydrogens (tertiary/aromatic N) is 2. The molecule has 1 aliphatic rings. The van der Waals surface area contributed by atoms with Crippen LogP contribution in [-0.2, 0) is 7.05 Å². The van der Waals surface area contributed by atoms with Crippen molar-refractivity contribution in [1.29, 1.82) is 5.26 Å². The van der Waals surface area contributed by atoms with Gasteiger partial charge in [0.2, 0.25) is 11.8 Å². The maximum atomic E-state index is 12.2. The maximum Gasteiger partial charge on any atom is 0.328 e. The Labute approximate surface area is 124 Å². The number of rotatable bonds is 1. The van der Waals surface area contributed by atoms with Gasteiger partial charge in [0.05, 0.1) is 11.5 Å². The van der Waals surface area contributed by atoms with Gasteiger partial charge in [0.15, 0.2) is 12.4 Å². The number of allylic oxidation sites excluding steroid dienone is 1. The number of hydrogen-bond acceptors (Lipinski definition) is 5. The summed E-state index contributed by atoms with van der Waals surface area (Å²) in [6, 6.07) is 5.54. The molecule has 110 valence electrons. The minimum absolute atomic E-state index is 0.0400. The number of aryl methyl sites for hydroxylation is 1. The van der Waals surface area contributed by atoms with Gasteiger partial charge in [-0.1, -0.05) is 0 Å². The molecule has 0 unspecified atom stereocenters. The Kier molecular flexibility index (Phi) is 3.03. The predicted molar refractivity (Wildman–Crippen MR) is 74.6 cm³/mol. The molecule has 1 aliphatic heterocycles. The highest BCUT2D eigenvalue weighted by Gasteiger charge is 2.35. The van der Waals surface area contributed by atoms with E-state index < -0.39 is 17.2 Å². The Hall–Kier alpha value is -3.34. The third-order valence-corrected chi connectivity index (χ3v) is 3.41. The Morgan fingerprint density at radius 1 is 1.41 bits per heavy atom. The molecule has 3 rings (SSSR count). The molecule has 2 aromatic heterocycles. The fourth-order valence-corrected chi connectivity index (χ4v) is 2.50. The first kappa shape index (κ1) is 13.6. The molecule has 0 amide bonds. The Bertz CT molecular complexity index is 948.